The fourth-order valence-corrected chi connectivity index (χ4v) is 1.78. The molecule has 0 aliphatic rings. The molecule has 2 aromatic rings. The van der Waals surface area contributed by atoms with Crippen molar-refractivity contribution in [1.82, 2.24) is 4.98 Å². The summed E-state index contributed by atoms with van der Waals surface area (Å²) in [5.74, 6) is 0. The first-order valence-corrected chi connectivity index (χ1v) is 5.35. The van der Waals surface area contributed by atoms with Crippen LogP contribution in [-0.4, -0.2) is 11.2 Å². The standard InChI is InChI=1S/C12H13F3N2/c13-12(14,15)5-3-10(16)9-2-1-8-4-6-17-11(8)7-9/h1-2,4,6-7,10,17H,3,5,16H2/t10-/m0/s1. The molecule has 17 heavy (non-hydrogen) atoms. The number of nitrogens with two attached hydrogens (primary N) is 1. The van der Waals surface area contributed by atoms with E-state index < -0.39 is 18.6 Å². The molecule has 2 rings (SSSR count). The Bertz CT molecular complexity index is 502. The molecule has 0 aliphatic heterocycles. The predicted octanol–water partition coefficient (Wildman–Crippen LogP) is 3.51. The van der Waals surface area contributed by atoms with Gasteiger partial charge in [-0.2, -0.15) is 13.2 Å². The quantitative estimate of drug-likeness (QED) is 0.849. The lowest BCUT2D eigenvalue weighted by molar-refractivity contribution is -0.136. The van der Waals surface area contributed by atoms with Gasteiger partial charge >= 0.3 is 6.18 Å². The molecule has 1 heterocycles. The van der Waals surface area contributed by atoms with Crippen molar-refractivity contribution in [2.75, 3.05) is 0 Å². The van der Waals surface area contributed by atoms with Gasteiger partial charge in [0.2, 0.25) is 0 Å². The van der Waals surface area contributed by atoms with Crippen LogP contribution in [0.2, 0.25) is 0 Å². The van der Waals surface area contributed by atoms with E-state index in [1.54, 1.807) is 18.3 Å². The number of nitrogens with one attached hydrogen (secondary N) is 1. The molecule has 0 unspecified atom stereocenters. The number of H-pyrrole nitrogens is 1. The van der Waals surface area contributed by atoms with Crippen LogP contribution in [0, 0.1) is 0 Å². The zero-order valence-electron chi connectivity index (χ0n) is 9.09. The Morgan fingerprint density at radius 1 is 1.24 bits per heavy atom. The molecule has 0 spiro atoms. The van der Waals surface area contributed by atoms with Crippen molar-refractivity contribution in [1.29, 1.82) is 0 Å². The molecule has 0 saturated carbocycles. The number of rotatable bonds is 3. The third-order valence-electron chi connectivity index (χ3n) is 2.75. The highest BCUT2D eigenvalue weighted by Crippen LogP contribution is 2.27. The summed E-state index contributed by atoms with van der Waals surface area (Å²) < 4.78 is 36.2. The van der Waals surface area contributed by atoms with Crippen molar-refractivity contribution < 1.29 is 13.2 Å². The summed E-state index contributed by atoms with van der Waals surface area (Å²) >= 11 is 0. The second-order valence-electron chi connectivity index (χ2n) is 4.08. The highest BCUT2D eigenvalue weighted by atomic mass is 19.4. The largest absolute Gasteiger partial charge is 0.389 e. The second-order valence-corrected chi connectivity index (χ2v) is 4.08. The van der Waals surface area contributed by atoms with Gasteiger partial charge in [-0.05, 0) is 29.5 Å². The zero-order valence-corrected chi connectivity index (χ0v) is 9.09. The van der Waals surface area contributed by atoms with Gasteiger partial charge < -0.3 is 10.7 Å². The van der Waals surface area contributed by atoms with Crippen LogP contribution in [-0.2, 0) is 0 Å². The Morgan fingerprint density at radius 2 is 2.00 bits per heavy atom. The Balaban J connectivity index is 2.10. The van der Waals surface area contributed by atoms with E-state index >= 15 is 0 Å². The van der Waals surface area contributed by atoms with E-state index in [4.69, 9.17) is 5.73 Å². The third kappa shape index (κ3) is 3.00. The molecule has 2 nitrogen and oxygen atoms in total. The number of halogens is 3. The van der Waals surface area contributed by atoms with Crippen LogP contribution in [0.1, 0.15) is 24.4 Å². The Morgan fingerprint density at radius 3 is 2.71 bits per heavy atom. The Hall–Kier alpha value is -1.49. The molecule has 0 radical (unpaired) electrons. The minimum absolute atomic E-state index is 0.0876. The topological polar surface area (TPSA) is 41.8 Å². The molecule has 5 heteroatoms. The molecule has 0 fully saturated rings. The van der Waals surface area contributed by atoms with Gasteiger partial charge in [-0.15, -0.1) is 0 Å². The normalized spacial score (nSPS) is 14.1. The maximum atomic E-state index is 12.1. The number of hydrogen-bond acceptors (Lipinski definition) is 1. The summed E-state index contributed by atoms with van der Waals surface area (Å²) in [5.41, 5.74) is 7.37. The van der Waals surface area contributed by atoms with E-state index in [1.165, 1.54) is 0 Å². The molecule has 92 valence electrons. The van der Waals surface area contributed by atoms with Gasteiger partial charge in [-0.3, -0.25) is 0 Å². The number of hydrogen-bond donors (Lipinski definition) is 2. The molecular weight excluding hydrogens is 229 g/mol. The number of fused-ring (bicyclic) bond motifs is 1. The molecule has 0 amide bonds. The maximum Gasteiger partial charge on any atom is 0.389 e. The van der Waals surface area contributed by atoms with Crippen molar-refractivity contribution in [3.8, 4) is 0 Å². The van der Waals surface area contributed by atoms with Gasteiger partial charge in [0.1, 0.15) is 0 Å². The van der Waals surface area contributed by atoms with E-state index in [9.17, 15) is 13.2 Å². The van der Waals surface area contributed by atoms with Crippen LogP contribution < -0.4 is 5.73 Å². The highest BCUT2D eigenvalue weighted by molar-refractivity contribution is 5.79. The predicted molar refractivity (Wildman–Crippen MR) is 60.5 cm³/mol. The van der Waals surface area contributed by atoms with E-state index in [2.05, 4.69) is 4.98 Å². The van der Waals surface area contributed by atoms with Crippen molar-refractivity contribution in [3.05, 3.63) is 36.0 Å². The average molecular weight is 242 g/mol. The van der Waals surface area contributed by atoms with Gasteiger partial charge in [0.25, 0.3) is 0 Å². The number of benzene rings is 1. The highest BCUT2D eigenvalue weighted by Gasteiger charge is 2.27. The van der Waals surface area contributed by atoms with Crippen molar-refractivity contribution >= 4 is 10.9 Å². The van der Waals surface area contributed by atoms with Gasteiger partial charge in [-0.25, -0.2) is 0 Å². The maximum absolute atomic E-state index is 12.1. The lowest BCUT2D eigenvalue weighted by atomic mass is 10.0. The average Bonchev–Trinajstić information content (AvgIpc) is 2.71. The second kappa shape index (κ2) is 4.41. The zero-order chi connectivity index (χ0) is 12.5. The summed E-state index contributed by atoms with van der Waals surface area (Å²) in [6, 6.07) is 6.76. The van der Waals surface area contributed by atoms with Crippen LogP contribution in [0.3, 0.4) is 0 Å². The molecule has 0 saturated heterocycles. The third-order valence-corrected chi connectivity index (χ3v) is 2.75. The molecule has 1 aromatic carbocycles. The van der Waals surface area contributed by atoms with Crippen LogP contribution in [0.4, 0.5) is 13.2 Å². The molecular formula is C12H13F3N2. The minimum Gasteiger partial charge on any atom is -0.361 e. The molecule has 0 bridgehead atoms. The number of alkyl halides is 3. The fourth-order valence-electron chi connectivity index (χ4n) is 1.78. The minimum atomic E-state index is -4.14. The number of aromatic amines is 1. The van der Waals surface area contributed by atoms with Gasteiger partial charge in [-0.1, -0.05) is 12.1 Å². The van der Waals surface area contributed by atoms with E-state index in [0.29, 0.717) is 0 Å². The number of aromatic nitrogens is 1. The summed E-state index contributed by atoms with van der Waals surface area (Å²) in [7, 11) is 0. The van der Waals surface area contributed by atoms with Crippen LogP contribution in [0.15, 0.2) is 30.5 Å². The van der Waals surface area contributed by atoms with Crippen LogP contribution in [0.25, 0.3) is 10.9 Å². The lowest BCUT2D eigenvalue weighted by Gasteiger charge is -2.13. The van der Waals surface area contributed by atoms with Crippen molar-refractivity contribution in [2.24, 2.45) is 5.73 Å². The summed E-state index contributed by atoms with van der Waals surface area (Å²) in [6.45, 7) is 0. The fraction of sp³-hybridized carbons (Fsp3) is 0.333. The monoisotopic (exact) mass is 242 g/mol. The molecule has 3 N–H and O–H groups in total. The first-order chi connectivity index (χ1) is 7.96. The smallest absolute Gasteiger partial charge is 0.361 e. The van der Waals surface area contributed by atoms with E-state index in [0.717, 1.165) is 16.5 Å². The van der Waals surface area contributed by atoms with E-state index in [1.807, 2.05) is 12.1 Å². The summed E-state index contributed by atoms with van der Waals surface area (Å²) in [6.07, 6.45) is -3.30. The SMILES string of the molecule is N[C@@H](CCC(F)(F)F)c1ccc2cc[nH]c2c1. The Kier molecular flexibility index (Phi) is 3.11. The lowest BCUT2D eigenvalue weighted by Crippen LogP contribution is -2.15. The van der Waals surface area contributed by atoms with Gasteiger partial charge in [0, 0.05) is 24.2 Å². The first kappa shape index (κ1) is 12.0. The molecule has 1 atom stereocenters. The summed E-state index contributed by atoms with van der Waals surface area (Å²) in [5, 5.41) is 1.02. The van der Waals surface area contributed by atoms with Gasteiger partial charge in [0.05, 0.1) is 0 Å². The molecule has 0 aliphatic carbocycles. The van der Waals surface area contributed by atoms with Crippen molar-refractivity contribution in [2.45, 2.75) is 25.1 Å². The first-order valence-electron chi connectivity index (χ1n) is 5.35. The van der Waals surface area contributed by atoms with Crippen LogP contribution in [0.5, 0.6) is 0 Å². The van der Waals surface area contributed by atoms with Crippen molar-refractivity contribution in [3.63, 3.8) is 0 Å². The van der Waals surface area contributed by atoms with Crippen LogP contribution >= 0.6 is 0 Å². The Labute approximate surface area is 96.6 Å². The summed E-state index contributed by atoms with van der Waals surface area (Å²) in [4.78, 5) is 3.01. The van der Waals surface area contributed by atoms with Gasteiger partial charge in [0.15, 0.2) is 0 Å². The van der Waals surface area contributed by atoms with E-state index in [-0.39, 0.29) is 6.42 Å². The molecule has 1 aromatic heterocycles.